The number of rotatable bonds is 8. The molecule has 0 radical (unpaired) electrons. The molecule has 35 heavy (non-hydrogen) atoms. The molecule has 0 spiro atoms. The first kappa shape index (κ1) is 23.4. The number of nitrogens with one attached hydrogen (secondary N) is 1. The fourth-order valence-electron chi connectivity index (χ4n) is 3.12. The number of alkyl halides is 3. The van der Waals surface area contributed by atoms with Crippen LogP contribution in [-0.4, -0.2) is 42.6 Å². The van der Waals surface area contributed by atoms with Crippen molar-refractivity contribution in [2.75, 3.05) is 5.32 Å². The van der Waals surface area contributed by atoms with E-state index in [1.807, 2.05) is 6.92 Å². The lowest BCUT2D eigenvalue weighted by Gasteiger charge is -2.16. The Morgan fingerprint density at radius 3 is 2.54 bits per heavy atom. The molecule has 4 aromatic rings. The van der Waals surface area contributed by atoms with E-state index in [1.54, 1.807) is 24.3 Å². The topological polar surface area (TPSA) is 124 Å². The Morgan fingerprint density at radius 1 is 1.09 bits per heavy atom. The van der Waals surface area contributed by atoms with Crippen molar-refractivity contribution in [3.63, 3.8) is 0 Å². The molecule has 0 aliphatic heterocycles. The normalized spacial score (nSPS) is 12.0. The third kappa shape index (κ3) is 6.20. The number of benzene rings is 2. The van der Waals surface area contributed by atoms with Crippen LogP contribution in [0, 0.1) is 11.3 Å². The molecule has 13 heteroatoms. The van der Waals surface area contributed by atoms with Gasteiger partial charge >= 0.3 is 6.36 Å². The Balaban J connectivity index is 1.51. The standard InChI is InChI=1S/C22H17F3N8O2/c1-14(12-33-13-29-31-32-33)34-20-8-15(6-7-16(20)9-26)17-10-27-21(28-11-17)30-18-4-2-3-5-19(18)35-22(23,24)25/h2-8,10-11,13-14H,12H2,1H3,(H,27,28,30)/t14-/m0/s1. The quantitative estimate of drug-likeness (QED) is 0.395. The number of hydrogen-bond acceptors (Lipinski definition) is 9. The molecule has 2 aromatic heterocycles. The Hall–Kier alpha value is -4.73. The lowest BCUT2D eigenvalue weighted by molar-refractivity contribution is -0.274. The summed E-state index contributed by atoms with van der Waals surface area (Å²) in [6.45, 7) is 2.20. The number of nitriles is 1. The second-order valence-corrected chi connectivity index (χ2v) is 7.25. The maximum atomic E-state index is 12.6. The van der Waals surface area contributed by atoms with E-state index in [9.17, 15) is 18.4 Å². The molecule has 2 aromatic carbocycles. The molecule has 1 atom stereocenters. The zero-order valence-electron chi connectivity index (χ0n) is 18.1. The number of nitrogens with zero attached hydrogens (tertiary/aromatic N) is 7. The van der Waals surface area contributed by atoms with Gasteiger partial charge in [0.2, 0.25) is 5.95 Å². The van der Waals surface area contributed by atoms with Gasteiger partial charge in [-0.2, -0.15) is 5.26 Å². The third-order valence-electron chi connectivity index (χ3n) is 4.61. The molecule has 0 bridgehead atoms. The number of ether oxygens (including phenoxy) is 2. The minimum atomic E-state index is -4.83. The monoisotopic (exact) mass is 482 g/mol. The summed E-state index contributed by atoms with van der Waals surface area (Å²) in [7, 11) is 0. The number of para-hydroxylation sites is 2. The van der Waals surface area contributed by atoms with E-state index in [0.717, 1.165) is 0 Å². The molecule has 0 fully saturated rings. The SMILES string of the molecule is C[C@@H](Cn1cnnn1)Oc1cc(-c2cnc(Nc3ccccc3OC(F)(F)F)nc2)ccc1C#N. The second-order valence-electron chi connectivity index (χ2n) is 7.25. The first-order chi connectivity index (χ1) is 16.8. The number of hydrogen-bond donors (Lipinski definition) is 1. The van der Waals surface area contributed by atoms with Crippen LogP contribution in [0.3, 0.4) is 0 Å². The highest BCUT2D eigenvalue weighted by Gasteiger charge is 2.32. The zero-order chi connectivity index (χ0) is 24.8. The maximum Gasteiger partial charge on any atom is 0.573 e. The van der Waals surface area contributed by atoms with Crippen molar-refractivity contribution < 1.29 is 22.6 Å². The van der Waals surface area contributed by atoms with Crippen molar-refractivity contribution in [1.82, 2.24) is 30.2 Å². The Labute approximate surface area is 197 Å². The molecule has 178 valence electrons. The van der Waals surface area contributed by atoms with E-state index >= 15 is 0 Å². The maximum absolute atomic E-state index is 12.6. The number of aromatic nitrogens is 6. The minimum Gasteiger partial charge on any atom is -0.487 e. The van der Waals surface area contributed by atoms with Crippen molar-refractivity contribution in [2.45, 2.75) is 25.9 Å². The first-order valence-electron chi connectivity index (χ1n) is 10.2. The van der Waals surface area contributed by atoms with Gasteiger partial charge in [0.25, 0.3) is 0 Å². The highest BCUT2D eigenvalue weighted by atomic mass is 19.4. The summed E-state index contributed by atoms with van der Waals surface area (Å²) in [5, 5.41) is 23.1. The molecule has 1 N–H and O–H groups in total. The Bertz CT molecular complexity index is 1320. The molecule has 0 aliphatic carbocycles. The molecule has 10 nitrogen and oxygen atoms in total. The van der Waals surface area contributed by atoms with E-state index in [-0.39, 0.29) is 17.7 Å². The van der Waals surface area contributed by atoms with Gasteiger partial charge in [0.05, 0.1) is 17.8 Å². The van der Waals surface area contributed by atoms with Gasteiger partial charge in [-0.1, -0.05) is 18.2 Å². The summed E-state index contributed by atoms with van der Waals surface area (Å²) in [4.78, 5) is 8.36. The molecular formula is C22H17F3N8O2. The highest BCUT2D eigenvalue weighted by Crippen LogP contribution is 2.32. The Kier molecular flexibility index (Phi) is 6.72. The van der Waals surface area contributed by atoms with Crippen LogP contribution in [0.1, 0.15) is 12.5 Å². The van der Waals surface area contributed by atoms with E-state index in [1.165, 1.54) is 41.6 Å². The van der Waals surface area contributed by atoms with E-state index in [4.69, 9.17) is 4.74 Å². The molecule has 2 heterocycles. The zero-order valence-corrected chi connectivity index (χ0v) is 18.1. The number of tetrazole rings is 1. The molecule has 0 saturated heterocycles. The highest BCUT2D eigenvalue weighted by molar-refractivity contribution is 5.67. The smallest absolute Gasteiger partial charge is 0.487 e. The van der Waals surface area contributed by atoms with Crippen LogP contribution in [0.2, 0.25) is 0 Å². The van der Waals surface area contributed by atoms with Crippen LogP contribution >= 0.6 is 0 Å². The predicted octanol–water partition coefficient (Wildman–Crippen LogP) is 4.11. The van der Waals surface area contributed by atoms with Crippen LogP contribution in [0.4, 0.5) is 24.8 Å². The summed E-state index contributed by atoms with van der Waals surface area (Å²) in [5.74, 6) is 0.0375. The van der Waals surface area contributed by atoms with Gasteiger partial charge in [0, 0.05) is 18.0 Å². The van der Waals surface area contributed by atoms with Gasteiger partial charge in [-0.15, -0.1) is 18.3 Å². The lowest BCUT2D eigenvalue weighted by atomic mass is 10.1. The van der Waals surface area contributed by atoms with E-state index in [2.05, 4.69) is 41.6 Å². The van der Waals surface area contributed by atoms with Gasteiger partial charge in [-0.05, 0) is 47.2 Å². The molecule has 0 saturated carbocycles. The van der Waals surface area contributed by atoms with Crippen molar-refractivity contribution in [3.8, 4) is 28.7 Å². The number of anilines is 2. The summed E-state index contributed by atoms with van der Waals surface area (Å²) in [6, 6.07) is 12.7. The first-order valence-corrected chi connectivity index (χ1v) is 10.2. The van der Waals surface area contributed by atoms with Gasteiger partial charge in [-0.3, -0.25) is 0 Å². The number of halogens is 3. The summed E-state index contributed by atoms with van der Waals surface area (Å²) >= 11 is 0. The fourth-order valence-corrected chi connectivity index (χ4v) is 3.12. The van der Waals surface area contributed by atoms with Crippen molar-refractivity contribution in [1.29, 1.82) is 5.26 Å². The van der Waals surface area contributed by atoms with Gasteiger partial charge in [0.1, 0.15) is 24.3 Å². The van der Waals surface area contributed by atoms with Crippen LogP contribution < -0.4 is 14.8 Å². The lowest BCUT2D eigenvalue weighted by Crippen LogP contribution is -2.20. The Morgan fingerprint density at radius 2 is 1.86 bits per heavy atom. The summed E-state index contributed by atoms with van der Waals surface area (Å²) in [5.41, 5.74) is 1.69. The summed E-state index contributed by atoms with van der Waals surface area (Å²) < 4.78 is 49.4. The largest absolute Gasteiger partial charge is 0.573 e. The second kappa shape index (κ2) is 10.0. The third-order valence-corrected chi connectivity index (χ3v) is 4.61. The average Bonchev–Trinajstić information content (AvgIpc) is 3.33. The van der Waals surface area contributed by atoms with Crippen molar-refractivity contribution >= 4 is 11.6 Å². The fraction of sp³-hybridized carbons (Fsp3) is 0.182. The van der Waals surface area contributed by atoms with Crippen LogP contribution in [0.15, 0.2) is 61.2 Å². The van der Waals surface area contributed by atoms with Crippen molar-refractivity contribution in [3.05, 3.63) is 66.7 Å². The van der Waals surface area contributed by atoms with Crippen LogP contribution in [-0.2, 0) is 6.54 Å². The van der Waals surface area contributed by atoms with E-state index < -0.39 is 12.1 Å². The van der Waals surface area contributed by atoms with Crippen molar-refractivity contribution in [2.24, 2.45) is 0 Å². The average molecular weight is 482 g/mol. The van der Waals surface area contributed by atoms with E-state index in [0.29, 0.717) is 29.0 Å². The van der Waals surface area contributed by atoms with Gasteiger partial charge in [-0.25, -0.2) is 14.6 Å². The van der Waals surface area contributed by atoms with Crippen LogP contribution in [0.25, 0.3) is 11.1 Å². The molecular weight excluding hydrogens is 465 g/mol. The molecule has 0 amide bonds. The van der Waals surface area contributed by atoms with Gasteiger partial charge < -0.3 is 14.8 Å². The molecule has 0 aliphatic rings. The predicted molar refractivity (Wildman–Crippen MR) is 116 cm³/mol. The van der Waals surface area contributed by atoms with Gasteiger partial charge in [0.15, 0.2) is 5.75 Å². The van der Waals surface area contributed by atoms with Crippen LogP contribution in [0.5, 0.6) is 11.5 Å². The molecule has 0 unspecified atom stereocenters. The minimum absolute atomic E-state index is 0.0585. The molecule has 4 rings (SSSR count). The summed E-state index contributed by atoms with van der Waals surface area (Å²) in [6.07, 6.45) is -0.706.